The van der Waals surface area contributed by atoms with Crippen LogP contribution >= 0.6 is 0 Å². The molecule has 2 aromatic rings. The first-order valence-corrected chi connectivity index (χ1v) is 9.53. The molecule has 1 atom stereocenters. The van der Waals surface area contributed by atoms with Gasteiger partial charge in [0, 0.05) is 11.4 Å². The Hall–Kier alpha value is -2.52. The Labute approximate surface area is 156 Å². The van der Waals surface area contributed by atoms with Crippen molar-refractivity contribution < 1.29 is 22.0 Å². The summed E-state index contributed by atoms with van der Waals surface area (Å²) in [6.07, 6.45) is 0. The average molecular weight is 397 g/mol. The molecule has 0 unspecified atom stereocenters. The Morgan fingerprint density at radius 1 is 1.00 bits per heavy atom. The predicted molar refractivity (Wildman–Crippen MR) is 99.7 cm³/mol. The molecule has 0 aromatic heterocycles. The number of amides is 1. The summed E-state index contributed by atoms with van der Waals surface area (Å²) in [4.78, 5) is 11.7. The summed E-state index contributed by atoms with van der Waals surface area (Å²) < 4.78 is 52.9. The third-order valence-electron chi connectivity index (χ3n) is 3.82. The van der Waals surface area contributed by atoms with Crippen LogP contribution in [0.2, 0.25) is 0 Å². The molecule has 0 aliphatic heterocycles. The molecule has 0 saturated heterocycles. The lowest BCUT2D eigenvalue weighted by atomic mass is 9.87. The van der Waals surface area contributed by atoms with Gasteiger partial charge >= 0.3 is 0 Å². The summed E-state index contributed by atoms with van der Waals surface area (Å²) in [7, 11) is -4.09. The molecule has 0 heterocycles. The Balaban J connectivity index is 2.11. The second kappa shape index (κ2) is 7.61. The number of hydrogen-bond acceptors (Lipinski definition) is 4. The summed E-state index contributed by atoms with van der Waals surface area (Å²) >= 11 is 0. The number of benzene rings is 2. The van der Waals surface area contributed by atoms with Gasteiger partial charge in [-0.05, 0) is 47.9 Å². The van der Waals surface area contributed by atoms with Crippen LogP contribution in [0.1, 0.15) is 20.8 Å². The Morgan fingerprint density at radius 2 is 1.56 bits per heavy atom. The normalized spacial score (nSPS) is 13.1. The fourth-order valence-corrected chi connectivity index (χ4v) is 3.16. The van der Waals surface area contributed by atoms with Gasteiger partial charge in [0.05, 0.1) is 10.9 Å². The van der Waals surface area contributed by atoms with Crippen LogP contribution in [-0.2, 0) is 14.8 Å². The highest BCUT2D eigenvalue weighted by Crippen LogP contribution is 2.22. The largest absolute Gasteiger partial charge is 0.325 e. The first-order valence-electron chi connectivity index (χ1n) is 8.04. The molecule has 4 N–H and O–H groups in total. The summed E-state index contributed by atoms with van der Waals surface area (Å²) in [6, 6.07) is 7.42. The molecule has 0 bridgehead atoms. The molecule has 0 aliphatic carbocycles. The van der Waals surface area contributed by atoms with E-state index in [2.05, 4.69) is 10.0 Å². The minimum absolute atomic E-state index is 0.192. The first kappa shape index (κ1) is 20.8. The zero-order chi connectivity index (χ0) is 20.4. The minimum Gasteiger partial charge on any atom is -0.325 e. The van der Waals surface area contributed by atoms with Crippen LogP contribution < -0.4 is 15.8 Å². The van der Waals surface area contributed by atoms with E-state index in [-0.39, 0.29) is 11.6 Å². The standard InChI is InChI=1S/C18H21F2N3O3S/c1-18(2,3)16(21)17(24)22-11-4-6-12(7-5-11)23-27(25,26)13-8-9-14(19)15(20)10-13/h4-10,16,23H,21H2,1-3H3,(H,22,24)/t16-/m1/s1. The molecule has 6 nitrogen and oxygen atoms in total. The lowest BCUT2D eigenvalue weighted by Gasteiger charge is -2.25. The van der Waals surface area contributed by atoms with Crippen molar-refractivity contribution in [2.75, 3.05) is 10.0 Å². The van der Waals surface area contributed by atoms with Gasteiger partial charge in [0.25, 0.3) is 10.0 Å². The Kier molecular flexibility index (Phi) is 5.86. The number of anilines is 2. The van der Waals surface area contributed by atoms with E-state index in [9.17, 15) is 22.0 Å². The maximum Gasteiger partial charge on any atom is 0.261 e. The number of nitrogens with two attached hydrogens (primary N) is 1. The second-order valence-electron chi connectivity index (χ2n) is 7.09. The van der Waals surface area contributed by atoms with Gasteiger partial charge in [-0.3, -0.25) is 9.52 Å². The van der Waals surface area contributed by atoms with Gasteiger partial charge in [0.1, 0.15) is 0 Å². The third-order valence-corrected chi connectivity index (χ3v) is 5.20. The number of carbonyl (C=O) groups is 1. The topological polar surface area (TPSA) is 101 Å². The SMILES string of the molecule is CC(C)(C)[C@H](N)C(=O)Nc1ccc(NS(=O)(=O)c2ccc(F)c(F)c2)cc1. The number of hydrogen-bond donors (Lipinski definition) is 3. The van der Waals surface area contributed by atoms with E-state index in [1.807, 2.05) is 20.8 Å². The molecular formula is C18H21F2N3O3S. The molecule has 2 aromatic carbocycles. The van der Waals surface area contributed by atoms with Crippen LogP contribution in [0.5, 0.6) is 0 Å². The maximum absolute atomic E-state index is 13.3. The maximum atomic E-state index is 13.3. The molecule has 0 aliphatic rings. The predicted octanol–water partition coefficient (Wildman–Crippen LogP) is 3.08. The van der Waals surface area contributed by atoms with Crippen LogP contribution in [-0.4, -0.2) is 20.4 Å². The Morgan fingerprint density at radius 3 is 2.07 bits per heavy atom. The van der Waals surface area contributed by atoms with Crippen molar-refractivity contribution in [3.8, 4) is 0 Å². The number of sulfonamides is 1. The van der Waals surface area contributed by atoms with E-state index >= 15 is 0 Å². The molecule has 0 spiro atoms. The van der Waals surface area contributed by atoms with Gasteiger partial charge < -0.3 is 11.1 Å². The van der Waals surface area contributed by atoms with Crippen LogP contribution in [0.15, 0.2) is 47.4 Å². The Bertz CT molecular complexity index is 939. The van der Waals surface area contributed by atoms with Gasteiger partial charge in [-0.15, -0.1) is 0 Å². The number of halogens is 2. The molecular weight excluding hydrogens is 376 g/mol. The van der Waals surface area contributed by atoms with Crippen LogP contribution in [0.4, 0.5) is 20.2 Å². The van der Waals surface area contributed by atoms with Crippen LogP contribution in [0.25, 0.3) is 0 Å². The number of nitrogens with one attached hydrogen (secondary N) is 2. The summed E-state index contributed by atoms with van der Waals surface area (Å²) in [6.45, 7) is 5.52. The highest BCUT2D eigenvalue weighted by Gasteiger charge is 2.27. The van der Waals surface area contributed by atoms with E-state index in [0.717, 1.165) is 12.1 Å². The van der Waals surface area contributed by atoms with E-state index in [1.165, 1.54) is 24.3 Å². The summed E-state index contributed by atoms with van der Waals surface area (Å²) in [5.74, 6) is -2.76. The van der Waals surface area contributed by atoms with Gasteiger partial charge in [-0.2, -0.15) is 0 Å². The smallest absolute Gasteiger partial charge is 0.261 e. The molecule has 1 amide bonds. The molecule has 0 fully saturated rings. The van der Waals surface area contributed by atoms with Gasteiger partial charge in [0.2, 0.25) is 5.91 Å². The van der Waals surface area contributed by atoms with E-state index in [4.69, 9.17) is 5.73 Å². The molecule has 0 saturated carbocycles. The summed E-state index contributed by atoms with van der Waals surface area (Å²) in [5.41, 5.74) is 6.10. The molecule has 27 heavy (non-hydrogen) atoms. The lowest BCUT2D eigenvalue weighted by Crippen LogP contribution is -2.45. The van der Waals surface area contributed by atoms with Gasteiger partial charge in [-0.25, -0.2) is 17.2 Å². The van der Waals surface area contributed by atoms with Crippen molar-refractivity contribution >= 4 is 27.3 Å². The van der Waals surface area contributed by atoms with Crippen molar-refractivity contribution in [2.45, 2.75) is 31.7 Å². The second-order valence-corrected chi connectivity index (χ2v) is 8.77. The first-order chi connectivity index (χ1) is 12.4. The monoisotopic (exact) mass is 397 g/mol. The quantitative estimate of drug-likeness (QED) is 0.722. The zero-order valence-electron chi connectivity index (χ0n) is 15.1. The van der Waals surface area contributed by atoms with Gasteiger partial charge in [0.15, 0.2) is 11.6 Å². The van der Waals surface area contributed by atoms with Crippen molar-refractivity contribution in [3.05, 3.63) is 54.1 Å². The van der Waals surface area contributed by atoms with E-state index in [1.54, 1.807) is 0 Å². The van der Waals surface area contributed by atoms with Crippen LogP contribution in [0, 0.1) is 17.0 Å². The minimum atomic E-state index is -4.09. The number of carbonyl (C=O) groups excluding carboxylic acids is 1. The summed E-state index contributed by atoms with van der Waals surface area (Å²) in [5, 5.41) is 2.65. The van der Waals surface area contributed by atoms with Crippen molar-refractivity contribution in [1.82, 2.24) is 0 Å². The average Bonchev–Trinajstić information content (AvgIpc) is 2.57. The van der Waals surface area contributed by atoms with E-state index in [0.29, 0.717) is 11.8 Å². The van der Waals surface area contributed by atoms with Crippen molar-refractivity contribution in [2.24, 2.45) is 11.1 Å². The fraction of sp³-hybridized carbons (Fsp3) is 0.278. The fourth-order valence-electron chi connectivity index (χ4n) is 2.09. The lowest BCUT2D eigenvalue weighted by molar-refractivity contribution is -0.119. The van der Waals surface area contributed by atoms with Crippen molar-refractivity contribution in [1.29, 1.82) is 0 Å². The van der Waals surface area contributed by atoms with Crippen LogP contribution in [0.3, 0.4) is 0 Å². The molecule has 2 rings (SSSR count). The van der Waals surface area contributed by atoms with Gasteiger partial charge in [-0.1, -0.05) is 20.8 Å². The third kappa shape index (κ3) is 5.24. The highest BCUT2D eigenvalue weighted by molar-refractivity contribution is 7.92. The van der Waals surface area contributed by atoms with Crippen molar-refractivity contribution in [3.63, 3.8) is 0 Å². The highest BCUT2D eigenvalue weighted by atomic mass is 32.2. The molecule has 9 heteroatoms. The molecule has 146 valence electrons. The van der Waals surface area contributed by atoms with E-state index < -0.39 is 38.0 Å². The number of rotatable bonds is 5. The molecule has 0 radical (unpaired) electrons. The zero-order valence-corrected chi connectivity index (χ0v) is 15.9.